The maximum atomic E-state index is 12.1. The zero-order valence-corrected chi connectivity index (χ0v) is 16.6. The maximum Gasteiger partial charge on any atom is 0.220 e. The first-order valence-electron chi connectivity index (χ1n) is 11.0. The molecule has 1 unspecified atom stereocenters. The van der Waals surface area contributed by atoms with Crippen molar-refractivity contribution in [2.45, 2.75) is 110 Å². The molecule has 3 nitrogen and oxygen atoms in total. The first-order valence-corrected chi connectivity index (χ1v) is 11.0. The van der Waals surface area contributed by atoms with Crippen LogP contribution in [-0.2, 0) is 9.59 Å². The van der Waals surface area contributed by atoms with E-state index in [0.29, 0.717) is 12.3 Å². The molecule has 1 amide bonds. The van der Waals surface area contributed by atoms with Crippen molar-refractivity contribution < 1.29 is 9.59 Å². The Bertz CT molecular complexity index is 331. The molecule has 0 heterocycles. The molecule has 1 aliphatic carbocycles. The number of aldehydes is 1. The van der Waals surface area contributed by atoms with Crippen LogP contribution in [0.15, 0.2) is 0 Å². The Morgan fingerprint density at radius 3 is 2.04 bits per heavy atom. The Balaban J connectivity index is 2.16. The van der Waals surface area contributed by atoms with Crippen LogP contribution in [0, 0.1) is 11.8 Å². The molecule has 1 rings (SSSR count). The molecule has 0 spiro atoms. The topological polar surface area (TPSA) is 46.2 Å². The second-order valence-electron chi connectivity index (χ2n) is 7.98. The SMILES string of the molecule is CCC(C=O)CCCCC(=O)NCC1CCCCCCCCCCC1. The van der Waals surface area contributed by atoms with Gasteiger partial charge >= 0.3 is 0 Å². The van der Waals surface area contributed by atoms with Gasteiger partial charge in [-0.1, -0.05) is 71.1 Å². The van der Waals surface area contributed by atoms with E-state index in [0.717, 1.165) is 38.5 Å². The third-order valence-corrected chi connectivity index (χ3v) is 5.76. The summed E-state index contributed by atoms with van der Waals surface area (Å²) in [5, 5.41) is 3.17. The highest BCUT2D eigenvalue weighted by molar-refractivity contribution is 5.75. The highest BCUT2D eigenvalue weighted by Crippen LogP contribution is 2.20. The molecule has 3 heteroatoms. The van der Waals surface area contributed by atoms with E-state index in [1.54, 1.807) is 0 Å². The summed E-state index contributed by atoms with van der Waals surface area (Å²) in [5.74, 6) is 1.05. The summed E-state index contributed by atoms with van der Waals surface area (Å²) >= 11 is 0. The van der Waals surface area contributed by atoms with Crippen LogP contribution in [0.4, 0.5) is 0 Å². The smallest absolute Gasteiger partial charge is 0.220 e. The maximum absolute atomic E-state index is 12.1. The predicted octanol–water partition coefficient (Wildman–Crippen LogP) is 5.81. The number of amides is 1. The Kier molecular flexibility index (Phi) is 13.7. The Labute approximate surface area is 155 Å². The largest absolute Gasteiger partial charge is 0.356 e. The zero-order valence-electron chi connectivity index (χ0n) is 16.6. The summed E-state index contributed by atoms with van der Waals surface area (Å²) < 4.78 is 0. The van der Waals surface area contributed by atoms with Crippen LogP contribution in [0.1, 0.15) is 110 Å². The summed E-state index contributed by atoms with van der Waals surface area (Å²) in [4.78, 5) is 22.9. The fraction of sp³-hybridized carbons (Fsp3) is 0.909. The molecule has 1 saturated carbocycles. The van der Waals surface area contributed by atoms with Gasteiger partial charge in [0.05, 0.1) is 0 Å². The molecule has 1 N–H and O–H groups in total. The zero-order chi connectivity index (χ0) is 18.2. The second kappa shape index (κ2) is 15.4. The Morgan fingerprint density at radius 2 is 1.52 bits per heavy atom. The minimum absolute atomic E-state index is 0.180. The molecule has 25 heavy (non-hydrogen) atoms. The van der Waals surface area contributed by atoms with Crippen LogP contribution in [-0.4, -0.2) is 18.7 Å². The number of nitrogens with one attached hydrogen (secondary N) is 1. The molecule has 146 valence electrons. The van der Waals surface area contributed by atoms with Gasteiger partial charge in [0.25, 0.3) is 0 Å². The summed E-state index contributed by atoms with van der Waals surface area (Å²) in [6, 6.07) is 0. The Morgan fingerprint density at radius 1 is 0.960 bits per heavy atom. The van der Waals surface area contributed by atoms with E-state index >= 15 is 0 Å². The van der Waals surface area contributed by atoms with E-state index < -0.39 is 0 Å². The van der Waals surface area contributed by atoms with Crippen molar-refractivity contribution in [2.75, 3.05) is 6.54 Å². The first kappa shape index (κ1) is 22.2. The van der Waals surface area contributed by atoms with Crippen molar-refractivity contribution in [1.82, 2.24) is 5.32 Å². The number of carbonyl (C=O) groups is 2. The quantitative estimate of drug-likeness (QED) is 0.421. The average molecular weight is 352 g/mol. The highest BCUT2D eigenvalue weighted by atomic mass is 16.1. The lowest BCUT2D eigenvalue weighted by Gasteiger charge is -2.18. The molecule has 1 aliphatic rings. The number of unbranched alkanes of at least 4 members (excludes halogenated alkanes) is 1. The molecule has 0 aromatic carbocycles. The van der Waals surface area contributed by atoms with Crippen molar-refractivity contribution in [3.8, 4) is 0 Å². The number of carbonyl (C=O) groups excluding carboxylic acids is 2. The lowest BCUT2D eigenvalue weighted by Crippen LogP contribution is -2.29. The van der Waals surface area contributed by atoms with Crippen molar-refractivity contribution >= 4 is 12.2 Å². The second-order valence-corrected chi connectivity index (χ2v) is 7.98. The third-order valence-electron chi connectivity index (χ3n) is 5.76. The van der Waals surface area contributed by atoms with E-state index in [1.807, 2.05) is 0 Å². The highest BCUT2D eigenvalue weighted by Gasteiger charge is 2.11. The molecule has 0 aromatic rings. The minimum atomic E-state index is 0.180. The van der Waals surface area contributed by atoms with Gasteiger partial charge in [-0.15, -0.1) is 0 Å². The molecule has 0 bridgehead atoms. The normalized spacial score (nSPS) is 19.4. The summed E-state index contributed by atoms with van der Waals surface area (Å²) in [6.45, 7) is 2.92. The van der Waals surface area contributed by atoms with Gasteiger partial charge in [-0.05, 0) is 38.0 Å². The number of hydrogen-bond donors (Lipinski definition) is 1. The van der Waals surface area contributed by atoms with Gasteiger partial charge in [0, 0.05) is 18.9 Å². The van der Waals surface area contributed by atoms with Gasteiger partial charge in [-0.2, -0.15) is 0 Å². The third kappa shape index (κ3) is 12.2. The van der Waals surface area contributed by atoms with Crippen molar-refractivity contribution in [3.05, 3.63) is 0 Å². The van der Waals surface area contributed by atoms with Crippen LogP contribution in [0.25, 0.3) is 0 Å². The van der Waals surface area contributed by atoms with Gasteiger partial charge in [-0.3, -0.25) is 4.79 Å². The Hall–Kier alpha value is -0.860. The fourth-order valence-electron chi connectivity index (χ4n) is 3.86. The molecule has 1 fully saturated rings. The molecular weight excluding hydrogens is 310 g/mol. The number of hydrogen-bond acceptors (Lipinski definition) is 2. The van der Waals surface area contributed by atoms with Crippen LogP contribution >= 0.6 is 0 Å². The average Bonchev–Trinajstić information content (AvgIpc) is 2.61. The summed E-state index contributed by atoms with van der Waals surface area (Å²) in [6.07, 6.45) is 20.3. The van der Waals surface area contributed by atoms with Crippen LogP contribution in [0.2, 0.25) is 0 Å². The van der Waals surface area contributed by atoms with Gasteiger partial charge in [0.2, 0.25) is 5.91 Å². The molecular formula is C22H41NO2. The minimum Gasteiger partial charge on any atom is -0.356 e. The first-order chi connectivity index (χ1) is 12.3. The van der Waals surface area contributed by atoms with Crippen molar-refractivity contribution in [3.63, 3.8) is 0 Å². The van der Waals surface area contributed by atoms with Crippen molar-refractivity contribution in [2.24, 2.45) is 11.8 Å². The molecule has 1 atom stereocenters. The molecule has 0 radical (unpaired) electrons. The number of rotatable bonds is 9. The van der Waals surface area contributed by atoms with E-state index in [-0.39, 0.29) is 11.8 Å². The van der Waals surface area contributed by atoms with E-state index in [9.17, 15) is 9.59 Å². The lowest BCUT2D eigenvalue weighted by molar-refractivity contribution is -0.121. The van der Waals surface area contributed by atoms with Gasteiger partial charge in [0.1, 0.15) is 6.29 Å². The van der Waals surface area contributed by atoms with Crippen LogP contribution < -0.4 is 5.32 Å². The van der Waals surface area contributed by atoms with Gasteiger partial charge < -0.3 is 10.1 Å². The van der Waals surface area contributed by atoms with E-state index in [4.69, 9.17) is 0 Å². The standard InChI is InChI=1S/C22H41NO2/c1-2-20(19-24)14-12-13-17-22(25)23-18-21-15-10-8-6-4-3-5-7-9-11-16-21/h19-21H,2-18H2,1H3,(H,23,25). The van der Waals surface area contributed by atoms with Crippen LogP contribution in [0.5, 0.6) is 0 Å². The van der Waals surface area contributed by atoms with Crippen molar-refractivity contribution in [1.29, 1.82) is 0 Å². The predicted molar refractivity (Wildman–Crippen MR) is 106 cm³/mol. The van der Waals surface area contributed by atoms with Crippen LogP contribution in [0.3, 0.4) is 0 Å². The van der Waals surface area contributed by atoms with E-state index in [1.165, 1.54) is 70.6 Å². The summed E-state index contributed by atoms with van der Waals surface area (Å²) in [7, 11) is 0. The molecule has 0 aliphatic heterocycles. The molecule has 0 saturated heterocycles. The fourth-order valence-corrected chi connectivity index (χ4v) is 3.86. The van der Waals surface area contributed by atoms with Gasteiger partial charge in [0.15, 0.2) is 0 Å². The lowest BCUT2D eigenvalue weighted by atomic mass is 9.93. The molecule has 0 aromatic heterocycles. The van der Waals surface area contributed by atoms with E-state index in [2.05, 4.69) is 12.2 Å². The summed E-state index contributed by atoms with van der Waals surface area (Å²) in [5.41, 5.74) is 0. The monoisotopic (exact) mass is 351 g/mol. The van der Waals surface area contributed by atoms with Gasteiger partial charge in [-0.25, -0.2) is 0 Å².